The van der Waals surface area contributed by atoms with Crippen molar-refractivity contribution < 1.29 is 83.2 Å². The first kappa shape index (κ1) is 79.6. The van der Waals surface area contributed by atoms with Crippen LogP contribution in [0.1, 0.15) is 279 Å². The molecule has 5 N–H and O–H groups in total. The van der Waals surface area contributed by atoms with Gasteiger partial charge in [-0.25, -0.2) is 0 Å². The van der Waals surface area contributed by atoms with E-state index in [1.54, 1.807) is 13.8 Å². The summed E-state index contributed by atoms with van der Waals surface area (Å²) in [6.45, 7) is 42.1. The lowest BCUT2D eigenvalue weighted by Gasteiger charge is -2.51. The zero-order chi connectivity index (χ0) is 72.3. The zero-order valence-electron chi connectivity index (χ0n) is 62.4. The summed E-state index contributed by atoms with van der Waals surface area (Å²) in [5.74, 6) is -4.44. The van der Waals surface area contributed by atoms with Crippen molar-refractivity contribution in [2.45, 2.75) is 367 Å². The number of methoxy groups -OCH3 is 1. The highest BCUT2D eigenvalue weighted by atomic mass is 16.6. The van der Waals surface area contributed by atoms with Crippen LogP contribution < -0.4 is 0 Å². The minimum atomic E-state index is -1.82. The zero-order valence-corrected chi connectivity index (χ0v) is 62.4. The lowest BCUT2D eigenvalue weighted by molar-refractivity contribution is -0.263. The Hall–Kier alpha value is -4.36. The highest BCUT2D eigenvalue weighted by Gasteiger charge is 2.56. The molecule has 1 atom stereocenters. The standard InChI is InChI=1S/C73H123N5O17/c1-61(2)37-50(38-62(3,4)74(61)85)91-56(80)71(21,55(79)90-24)34-26-29-48-32-31-47(28-25-33-72(22,57(81)92-51-39-63(5,6)75(86)64(7,8)40-51)58(82)93-52-41-65(9,10)76(87)66(11,12)42-52)36-49(48)30-27-35-73(23,59(83)94-53-43-67(13,14)77(88)68(15,16)44-53)60(84)95-54-45-69(17,18)78(89)70(19,20)46-54/h31-32,36,50-54,85-89H,25-30,33-35,37-46H2,1-24H3. The lowest BCUT2D eigenvalue weighted by atomic mass is 9.79. The Kier molecular flexibility index (Phi) is 23.5. The van der Waals surface area contributed by atoms with Gasteiger partial charge in [0.25, 0.3) is 0 Å². The van der Waals surface area contributed by atoms with Crippen molar-refractivity contribution in [3.63, 3.8) is 0 Å². The summed E-state index contributed by atoms with van der Waals surface area (Å²) in [5.41, 5.74) is -10.2. The summed E-state index contributed by atoms with van der Waals surface area (Å²) in [7, 11) is 1.23. The number of piperidine rings is 5. The molecule has 5 fully saturated rings. The second-order valence-corrected chi connectivity index (χ2v) is 36.0. The van der Waals surface area contributed by atoms with Crippen LogP contribution in [0.25, 0.3) is 0 Å². The smallest absolute Gasteiger partial charge is 0.323 e. The van der Waals surface area contributed by atoms with Gasteiger partial charge in [0.15, 0.2) is 16.2 Å². The number of benzene rings is 1. The van der Waals surface area contributed by atoms with Gasteiger partial charge in [0.2, 0.25) is 0 Å². The van der Waals surface area contributed by atoms with Gasteiger partial charge in [0.1, 0.15) is 30.5 Å². The summed E-state index contributed by atoms with van der Waals surface area (Å²) >= 11 is 0. The van der Waals surface area contributed by atoms with Gasteiger partial charge >= 0.3 is 35.8 Å². The van der Waals surface area contributed by atoms with Crippen molar-refractivity contribution in [1.82, 2.24) is 25.3 Å². The molecule has 0 bridgehead atoms. The van der Waals surface area contributed by atoms with Gasteiger partial charge in [-0.1, -0.05) is 18.2 Å². The molecule has 1 aromatic carbocycles. The van der Waals surface area contributed by atoms with E-state index in [0.29, 0.717) is 96.3 Å². The number of hydroxylamine groups is 10. The maximum absolute atomic E-state index is 15.0. The molecule has 5 aliphatic rings. The van der Waals surface area contributed by atoms with Crippen molar-refractivity contribution in [3.05, 3.63) is 34.9 Å². The number of rotatable bonds is 23. The average Bonchev–Trinajstić information content (AvgIpc) is 0.786. The second-order valence-electron chi connectivity index (χ2n) is 36.0. The van der Waals surface area contributed by atoms with Crippen LogP contribution in [0, 0.1) is 16.2 Å². The van der Waals surface area contributed by atoms with E-state index >= 15 is 0 Å². The Morgan fingerprint density at radius 3 is 0.768 bits per heavy atom. The van der Waals surface area contributed by atoms with Gasteiger partial charge in [-0.3, -0.25) is 28.8 Å². The molecule has 95 heavy (non-hydrogen) atoms. The van der Waals surface area contributed by atoms with Crippen LogP contribution >= 0.6 is 0 Å². The van der Waals surface area contributed by atoms with Crippen LogP contribution in [0.4, 0.5) is 0 Å². The van der Waals surface area contributed by atoms with Gasteiger partial charge in [0.05, 0.1) is 7.11 Å². The van der Waals surface area contributed by atoms with E-state index in [2.05, 4.69) is 0 Å². The highest BCUT2D eigenvalue weighted by Crippen LogP contribution is 2.46. The van der Waals surface area contributed by atoms with E-state index in [1.165, 1.54) is 39.3 Å². The van der Waals surface area contributed by atoms with Gasteiger partial charge in [-0.05, 0) is 234 Å². The molecule has 0 aromatic heterocycles. The number of hydrogen-bond donors (Lipinski definition) is 5. The minimum absolute atomic E-state index is 0.000630. The van der Waals surface area contributed by atoms with E-state index < -0.39 is 138 Å². The predicted octanol–water partition coefficient (Wildman–Crippen LogP) is 12.6. The maximum atomic E-state index is 15.0. The number of ether oxygens (including phenoxy) is 6. The third kappa shape index (κ3) is 17.6. The first-order chi connectivity index (χ1) is 43.0. The quantitative estimate of drug-likeness (QED) is 0.0387. The van der Waals surface area contributed by atoms with Crippen LogP contribution in [0.15, 0.2) is 18.2 Å². The second kappa shape index (κ2) is 28.0. The van der Waals surface area contributed by atoms with Gasteiger partial charge in [0, 0.05) is 120 Å². The molecule has 22 heteroatoms. The molecule has 5 aliphatic heterocycles. The fraction of sp³-hybridized carbons (Fsp3) is 0.836. The van der Waals surface area contributed by atoms with E-state index in [9.17, 15) is 54.8 Å². The molecule has 0 radical (unpaired) electrons. The van der Waals surface area contributed by atoms with Gasteiger partial charge in [-0.15, -0.1) is 0 Å². The SMILES string of the molecule is COC(=O)C(C)(CCCc1ccc(CCCC(C)(C(=O)OC2CC(C)(C)N(O)C(C)(C)C2)C(=O)OC2CC(C)(C)N(O)C(C)(C)C2)cc1CCCC(C)(C(=O)OC1CC(C)(C)N(O)C(C)(C)C1)C(=O)OC1CC(C)(C)N(O)C(C)(C)C1)C(=O)OC1CC(C)(C)N(O)C(C)(C)C1. The van der Waals surface area contributed by atoms with Crippen molar-refractivity contribution in [1.29, 1.82) is 0 Å². The van der Waals surface area contributed by atoms with E-state index in [4.69, 9.17) is 28.4 Å². The Labute approximate surface area is 567 Å². The number of hydrogen-bond acceptors (Lipinski definition) is 22. The molecule has 0 aliphatic carbocycles. The summed E-state index contributed by atoms with van der Waals surface area (Å²) < 4.78 is 36.8. The van der Waals surface area contributed by atoms with Crippen molar-refractivity contribution in [2.24, 2.45) is 16.2 Å². The first-order valence-corrected chi connectivity index (χ1v) is 34.7. The Morgan fingerprint density at radius 2 is 0.547 bits per heavy atom. The summed E-state index contributed by atoms with van der Waals surface area (Å²) in [4.78, 5) is 87.8. The molecule has 6 rings (SSSR count). The molecule has 542 valence electrons. The van der Waals surface area contributed by atoms with Crippen LogP contribution in [0.2, 0.25) is 0 Å². The number of aryl methyl sites for hydroxylation is 3. The fourth-order valence-corrected chi connectivity index (χ4v) is 17.0. The topological polar surface area (TPSA) is 275 Å². The molecular formula is C73H123N5O17. The number of nitrogens with zero attached hydrogens (tertiary/aromatic N) is 5. The summed E-state index contributed by atoms with van der Waals surface area (Å²) in [6.07, 6.45) is 2.09. The van der Waals surface area contributed by atoms with Gasteiger partial charge < -0.3 is 54.5 Å². The number of esters is 6. The molecule has 22 nitrogen and oxygen atoms in total. The minimum Gasteiger partial charge on any atom is -0.468 e. The number of carbonyl (C=O) groups is 6. The molecule has 0 spiro atoms. The largest absolute Gasteiger partial charge is 0.468 e. The van der Waals surface area contributed by atoms with E-state index in [-0.39, 0.29) is 25.7 Å². The molecular weight excluding hydrogens is 1220 g/mol. The fourth-order valence-electron chi connectivity index (χ4n) is 17.0. The van der Waals surface area contributed by atoms with E-state index in [1.807, 2.05) is 157 Å². The molecule has 0 amide bonds. The van der Waals surface area contributed by atoms with Crippen LogP contribution in [-0.4, -0.2) is 180 Å². The normalized spacial score (nSPS) is 25.0. The van der Waals surface area contributed by atoms with Crippen LogP contribution in [-0.2, 0) is 76.5 Å². The van der Waals surface area contributed by atoms with Crippen LogP contribution in [0.5, 0.6) is 0 Å². The molecule has 1 unspecified atom stereocenters. The first-order valence-electron chi connectivity index (χ1n) is 34.7. The monoisotopic (exact) mass is 1340 g/mol. The Morgan fingerprint density at radius 1 is 0.347 bits per heavy atom. The van der Waals surface area contributed by atoms with Crippen molar-refractivity contribution in [2.75, 3.05) is 7.11 Å². The Bertz CT molecular complexity index is 2750. The number of carbonyl (C=O) groups excluding carboxylic acids is 6. The lowest BCUT2D eigenvalue weighted by Crippen LogP contribution is -2.61. The summed E-state index contributed by atoms with van der Waals surface area (Å²) in [6, 6.07) is 6.00. The highest BCUT2D eigenvalue weighted by molar-refractivity contribution is 6.01. The maximum Gasteiger partial charge on any atom is 0.323 e. The van der Waals surface area contributed by atoms with Crippen molar-refractivity contribution >= 4 is 35.8 Å². The molecule has 0 saturated carbocycles. The third-order valence-electron chi connectivity index (χ3n) is 21.9. The molecule has 1 aromatic rings. The van der Waals surface area contributed by atoms with Crippen molar-refractivity contribution in [3.8, 4) is 0 Å². The summed E-state index contributed by atoms with van der Waals surface area (Å²) in [5, 5.41) is 62.1. The van der Waals surface area contributed by atoms with Gasteiger partial charge in [-0.2, -0.15) is 25.3 Å². The molecule has 5 saturated heterocycles. The third-order valence-corrected chi connectivity index (χ3v) is 21.9. The predicted molar refractivity (Wildman–Crippen MR) is 356 cm³/mol. The van der Waals surface area contributed by atoms with E-state index in [0.717, 1.165) is 16.7 Å². The Balaban J connectivity index is 1.33. The molecule has 5 heterocycles. The van der Waals surface area contributed by atoms with Crippen LogP contribution in [0.3, 0.4) is 0 Å². The average molecular weight is 1340 g/mol.